The van der Waals surface area contributed by atoms with Gasteiger partial charge in [-0.05, 0) is 0 Å². The zero-order valence-corrected chi connectivity index (χ0v) is 4.95. The molecule has 0 radical (unpaired) electrons. The van der Waals surface area contributed by atoms with Crippen LogP contribution in [-0.2, 0) is 0 Å². The molecule has 0 aromatic heterocycles. The van der Waals surface area contributed by atoms with Crippen LogP contribution in [0.3, 0.4) is 0 Å². The lowest BCUT2D eigenvalue weighted by atomic mass is 10.6. The molecule has 0 saturated heterocycles. The van der Waals surface area contributed by atoms with Crippen molar-refractivity contribution in [1.29, 1.82) is 0 Å². The fourth-order valence-corrected chi connectivity index (χ4v) is 0.525. The van der Waals surface area contributed by atoms with Crippen LogP contribution in [-0.4, -0.2) is 35.5 Å². The van der Waals surface area contributed by atoms with Crippen molar-refractivity contribution >= 4 is 12.4 Å². The standard InChI is InChI=1S/C4H6N2O2.H3N/c7-4(8)6-2-1-5-3-6;/h3H,1-2H2,(H,7,8);1H3. The van der Waals surface area contributed by atoms with Crippen molar-refractivity contribution in [3.05, 3.63) is 0 Å². The minimum absolute atomic E-state index is 0. The highest BCUT2D eigenvalue weighted by molar-refractivity contribution is 5.81. The van der Waals surface area contributed by atoms with Crippen molar-refractivity contribution in [2.24, 2.45) is 4.99 Å². The third-order valence-corrected chi connectivity index (χ3v) is 0.937. The Balaban J connectivity index is 0.000000640. The van der Waals surface area contributed by atoms with Gasteiger partial charge in [-0.25, -0.2) is 4.79 Å². The molecule has 1 heterocycles. The highest BCUT2D eigenvalue weighted by atomic mass is 16.4. The van der Waals surface area contributed by atoms with E-state index in [9.17, 15) is 4.79 Å². The maximum absolute atomic E-state index is 10.0. The van der Waals surface area contributed by atoms with Gasteiger partial charge in [0.1, 0.15) is 0 Å². The lowest BCUT2D eigenvalue weighted by Crippen LogP contribution is -2.25. The molecule has 0 spiro atoms. The van der Waals surface area contributed by atoms with Crippen LogP contribution in [0.4, 0.5) is 4.79 Å². The van der Waals surface area contributed by atoms with Crippen LogP contribution in [0.1, 0.15) is 0 Å². The van der Waals surface area contributed by atoms with E-state index in [2.05, 4.69) is 4.99 Å². The summed E-state index contributed by atoms with van der Waals surface area (Å²) in [7, 11) is 0. The van der Waals surface area contributed by atoms with Crippen LogP contribution in [0.5, 0.6) is 0 Å². The van der Waals surface area contributed by atoms with Gasteiger partial charge in [-0.2, -0.15) is 0 Å². The summed E-state index contributed by atoms with van der Waals surface area (Å²) >= 11 is 0. The molecule has 0 unspecified atom stereocenters. The SMILES string of the molecule is N.O=C(O)N1C=NCC1. The number of aliphatic imine (C=N–C) groups is 1. The van der Waals surface area contributed by atoms with Gasteiger partial charge in [-0.15, -0.1) is 0 Å². The first-order valence-corrected chi connectivity index (χ1v) is 2.30. The number of rotatable bonds is 0. The minimum Gasteiger partial charge on any atom is -0.465 e. The summed E-state index contributed by atoms with van der Waals surface area (Å²) in [6, 6.07) is 0. The van der Waals surface area contributed by atoms with Gasteiger partial charge in [0.15, 0.2) is 0 Å². The Morgan fingerprint density at radius 2 is 2.44 bits per heavy atom. The van der Waals surface area contributed by atoms with Crippen molar-refractivity contribution in [2.75, 3.05) is 13.1 Å². The van der Waals surface area contributed by atoms with Crippen molar-refractivity contribution in [1.82, 2.24) is 11.1 Å². The summed E-state index contributed by atoms with van der Waals surface area (Å²) in [6.07, 6.45) is 0.411. The molecule has 9 heavy (non-hydrogen) atoms. The largest absolute Gasteiger partial charge is 0.465 e. The Labute approximate surface area is 52.6 Å². The van der Waals surface area contributed by atoms with Gasteiger partial charge in [0.25, 0.3) is 0 Å². The van der Waals surface area contributed by atoms with Crippen LogP contribution >= 0.6 is 0 Å². The molecule has 1 aliphatic heterocycles. The molecule has 0 atom stereocenters. The van der Waals surface area contributed by atoms with E-state index in [1.165, 1.54) is 6.34 Å². The molecule has 0 bridgehead atoms. The quantitative estimate of drug-likeness (QED) is 0.491. The van der Waals surface area contributed by atoms with Crippen LogP contribution in [0.15, 0.2) is 4.99 Å². The summed E-state index contributed by atoms with van der Waals surface area (Å²) in [6.45, 7) is 1.11. The van der Waals surface area contributed by atoms with Gasteiger partial charge < -0.3 is 11.3 Å². The van der Waals surface area contributed by atoms with Gasteiger partial charge in [0.05, 0.1) is 12.9 Å². The Kier molecular flexibility index (Phi) is 2.66. The van der Waals surface area contributed by atoms with Crippen LogP contribution in [0.25, 0.3) is 0 Å². The second-order valence-corrected chi connectivity index (χ2v) is 1.50. The monoisotopic (exact) mass is 131 g/mol. The smallest absolute Gasteiger partial charge is 0.412 e. The molecule has 0 aliphatic carbocycles. The van der Waals surface area contributed by atoms with Gasteiger partial charge in [-0.3, -0.25) is 9.89 Å². The van der Waals surface area contributed by atoms with E-state index in [4.69, 9.17) is 5.11 Å². The van der Waals surface area contributed by atoms with Crippen LogP contribution < -0.4 is 6.15 Å². The van der Waals surface area contributed by atoms with E-state index >= 15 is 0 Å². The van der Waals surface area contributed by atoms with E-state index in [1.54, 1.807) is 0 Å². The Morgan fingerprint density at radius 3 is 2.67 bits per heavy atom. The first kappa shape index (κ1) is 7.90. The zero-order chi connectivity index (χ0) is 5.98. The fraction of sp³-hybridized carbons (Fsp3) is 0.500. The first-order chi connectivity index (χ1) is 3.80. The Hall–Kier alpha value is -1.10. The third-order valence-electron chi connectivity index (χ3n) is 0.937. The normalized spacial score (nSPS) is 15.3. The zero-order valence-electron chi connectivity index (χ0n) is 4.95. The lowest BCUT2D eigenvalue weighted by Gasteiger charge is -2.02. The van der Waals surface area contributed by atoms with Crippen molar-refractivity contribution in [3.63, 3.8) is 0 Å². The van der Waals surface area contributed by atoms with E-state index < -0.39 is 6.09 Å². The van der Waals surface area contributed by atoms with E-state index in [-0.39, 0.29) is 6.15 Å². The summed E-state index contributed by atoms with van der Waals surface area (Å²) < 4.78 is 0. The fourth-order valence-electron chi connectivity index (χ4n) is 0.525. The van der Waals surface area contributed by atoms with Gasteiger partial charge in [0, 0.05) is 6.54 Å². The third kappa shape index (κ3) is 1.69. The predicted octanol–water partition coefficient (Wildman–Crippen LogP) is 0.170. The topological polar surface area (TPSA) is 87.9 Å². The Bertz CT molecular complexity index is 134. The first-order valence-electron chi connectivity index (χ1n) is 2.30. The molecular weight excluding hydrogens is 122 g/mol. The molecule has 1 aliphatic rings. The molecule has 5 heteroatoms. The van der Waals surface area contributed by atoms with E-state index in [0.29, 0.717) is 13.1 Å². The average molecular weight is 131 g/mol. The van der Waals surface area contributed by atoms with Crippen molar-refractivity contribution in [2.45, 2.75) is 0 Å². The lowest BCUT2D eigenvalue weighted by molar-refractivity contribution is 0.173. The number of hydrogen-bond donors (Lipinski definition) is 2. The molecule has 0 fully saturated rings. The molecule has 1 amide bonds. The van der Waals surface area contributed by atoms with Gasteiger partial charge >= 0.3 is 6.09 Å². The highest BCUT2D eigenvalue weighted by Gasteiger charge is 2.10. The summed E-state index contributed by atoms with van der Waals surface area (Å²) in [4.78, 5) is 14.9. The second kappa shape index (κ2) is 3.03. The molecule has 5 nitrogen and oxygen atoms in total. The minimum atomic E-state index is -0.925. The second-order valence-electron chi connectivity index (χ2n) is 1.50. The highest BCUT2D eigenvalue weighted by Crippen LogP contribution is 1.91. The molecular formula is C4H9N3O2. The Morgan fingerprint density at radius 1 is 1.78 bits per heavy atom. The molecule has 52 valence electrons. The molecule has 0 saturated carbocycles. The average Bonchev–Trinajstić information content (AvgIpc) is 2.12. The van der Waals surface area contributed by atoms with E-state index in [1.807, 2.05) is 0 Å². The molecule has 4 N–H and O–H groups in total. The van der Waals surface area contributed by atoms with Crippen LogP contribution in [0.2, 0.25) is 0 Å². The maximum Gasteiger partial charge on any atom is 0.412 e. The number of amides is 1. The van der Waals surface area contributed by atoms with Crippen molar-refractivity contribution in [3.8, 4) is 0 Å². The van der Waals surface area contributed by atoms with Crippen LogP contribution in [0, 0.1) is 0 Å². The number of carboxylic acid groups (broad SMARTS) is 1. The molecule has 0 aromatic carbocycles. The molecule has 0 aromatic rings. The van der Waals surface area contributed by atoms with Gasteiger partial charge in [-0.1, -0.05) is 0 Å². The van der Waals surface area contributed by atoms with Crippen molar-refractivity contribution < 1.29 is 9.90 Å². The number of carbonyl (C=O) groups is 1. The van der Waals surface area contributed by atoms with Gasteiger partial charge in [0.2, 0.25) is 0 Å². The molecule has 1 rings (SSSR count). The summed E-state index contributed by atoms with van der Waals surface area (Å²) in [5, 5.41) is 8.25. The number of nitrogens with zero attached hydrogens (tertiary/aromatic N) is 2. The number of hydrogen-bond acceptors (Lipinski definition) is 3. The van der Waals surface area contributed by atoms with E-state index in [0.717, 1.165) is 4.90 Å². The maximum atomic E-state index is 10.0. The predicted molar refractivity (Wildman–Crippen MR) is 33.1 cm³/mol. The summed E-state index contributed by atoms with van der Waals surface area (Å²) in [5.74, 6) is 0. The summed E-state index contributed by atoms with van der Waals surface area (Å²) in [5.41, 5.74) is 0.